The SMILES string of the molecule is CCC(C)NC(=O)Cn1nc(C(F)F)cc1C1CC1. The molecule has 19 heavy (non-hydrogen) atoms. The minimum atomic E-state index is -2.59. The fourth-order valence-corrected chi connectivity index (χ4v) is 1.95. The fraction of sp³-hybridized carbons (Fsp3) is 0.692. The molecule has 0 saturated heterocycles. The van der Waals surface area contributed by atoms with Crippen molar-refractivity contribution in [2.75, 3.05) is 0 Å². The summed E-state index contributed by atoms with van der Waals surface area (Å²) in [6, 6.07) is 1.51. The first-order valence-electron chi connectivity index (χ1n) is 6.66. The molecule has 0 aliphatic heterocycles. The van der Waals surface area contributed by atoms with Crippen molar-refractivity contribution in [2.24, 2.45) is 0 Å². The largest absolute Gasteiger partial charge is 0.352 e. The predicted octanol–water partition coefficient (Wildman–Crippen LogP) is 2.61. The number of rotatable bonds is 6. The summed E-state index contributed by atoms with van der Waals surface area (Å²) >= 11 is 0. The first kappa shape index (κ1) is 14.0. The highest BCUT2D eigenvalue weighted by molar-refractivity contribution is 5.76. The van der Waals surface area contributed by atoms with Crippen LogP contribution in [0.15, 0.2) is 6.07 Å². The maximum atomic E-state index is 12.7. The zero-order valence-electron chi connectivity index (χ0n) is 11.2. The van der Waals surface area contributed by atoms with Gasteiger partial charge < -0.3 is 5.32 Å². The Kier molecular flexibility index (Phi) is 4.17. The van der Waals surface area contributed by atoms with Crippen molar-refractivity contribution in [3.8, 4) is 0 Å². The van der Waals surface area contributed by atoms with E-state index in [1.807, 2.05) is 13.8 Å². The molecule has 106 valence electrons. The summed E-state index contributed by atoms with van der Waals surface area (Å²) in [7, 11) is 0. The molecule has 1 heterocycles. The first-order chi connectivity index (χ1) is 9.01. The van der Waals surface area contributed by atoms with Crippen LogP contribution in [-0.4, -0.2) is 21.7 Å². The van der Waals surface area contributed by atoms with Crippen LogP contribution >= 0.6 is 0 Å². The average Bonchev–Trinajstić information content (AvgIpc) is 3.10. The van der Waals surface area contributed by atoms with Gasteiger partial charge in [0.25, 0.3) is 6.43 Å². The van der Waals surface area contributed by atoms with Gasteiger partial charge in [-0.15, -0.1) is 0 Å². The molecular weight excluding hydrogens is 252 g/mol. The van der Waals surface area contributed by atoms with E-state index in [2.05, 4.69) is 10.4 Å². The normalized spacial score (nSPS) is 16.7. The summed E-state index contributed by atoms with van der Waals surface area (Å²) < 4.78 is 26.8. The Bertz CT molecular complexity index is 455. The standard InChI is InChI=1S/C13H19F2N3O/c1-3-8(2)16-12(19)7-18-11(9-4-5-9)6-10(17-18)13(14)15/h6,8-9,13H,3-5,7H2,1-2H3,(H,16,19). The van der Waals surface area contributed by atoms with Crippen molar-refractivity contribution >= 4 is 5.91 Å². The number of alkyl halides is 2. The maximum absolute atomic E-state index is 12.7. The molecule has 4 nitrogen and oxygen atoms in total. The summed E-state index contributed by atoms with van der Waals surface area (Å²) in [4.78, 5) is 11.8. The Morgan fingerprint density at radius 1 is 1.58 bits per heavy atom. The number of carbonyl (C=O) groups excluding carboxylic acids is 1. The Morgan fingerprint density at radius 2 is 2.26 bits per heavy atom. The summed E-state index contributed by atoms with van der Waals surface area (Å²) in [6.07, 6.45) is 0.224. The third-order valence-electron chi connectivity index (χ3n) is 3.36. The van der Waals surface area contributed by atoms with Gasteiger partial charge in [0.2, 0.25) is 5.91 Å². The Morgan fingerprint density at radius 3 is 2.79 bits per heavy atom. The van der Waals surface area contributed by atoms with Crippen LogP contribution in [0.5, 0.6) is 0 Å². The number of carbonyl (C=O) groups is 1. The van der Waals surface area contributed by atoms with Crippen molar-refractivity contribution in [2.45, 2.75) is 58.0 Å². The van der Waals surface area contributed by atoms with Crippen LogP contribution in [0.25, 0.3) is 0 Å². The number of nitrogens with zero attached hydrogens (tertiary/aromatic N) is 2. The lowest BCUT2D eigenvalue weighted by Crippen LogP contribution is -2.35. The molecule has 0 spiro atoms. The molecule has 1 unspecified atom stereocenters. The Balaban J connectivity index is 2.08. The molecule has 1 amide bonds. The average molecular weight is 271 g/mol. The van der Waals surface area contributed by atoms with Crippen molar-refractivity contribution in [1.82, 2.24) is 15.1 Å². The van der Waals surface area contributed by atoms with Crippen LogP contribution < -0.4 is 5.32 Å². The quantitative estimate of drug-likeness (QED) is 0.864. The van der Waals surface area contributed by atoms with Crippen molar-refractivity contribution in [3.05, 3.63) is 17.5 Å². The molecule has 1 aliphatic rings. The second-order valence-corrected chi connectivity index (χ2v) is 5.10. The van der Waals surface area contributed by atoms with Crippen LogP contribution in [-0.2, 0) is 11.3 Å². The molecule has 1 aromatic heterocycles. The third kappa shape index (κ3) is 3.52. The molecule has 1 aliphatic carbocycles. The van der Waals surface area contributed by atoms with Crippen molar-refractivity contribution < 1.29 is 13.6 Å². The molecule has 0 aromatic carbocycles. The van der Waals surface area contributed by atoms with Crippen LogP contribution in [0.4, 0.5) is 8.78 Å². The molecule has 1 atom stereocenters. The third-order valence-corrected chi connectivity index (χ3v) is 3.36. The smallest absolute Gasteiger partial charge is 0.282 e. The predicted molar refractivity (Wildman–Crippen MR) is 67.1 cm³/mol. The minimum absolute atomic E-state index is 0.0168. The van der Waals surface area contributed by atoms with Crippen LogP contribution in [0.2, 0.25) is 0 Å². The second kappa shape index (κ2) is 5.67. The van der Waals surface area contributed by atoms with Crippen LogP contribution in [0, 0.1) is 0 Å². The molecule has 0 radical (unpaired) electrons. The van der Waals surface area contributed by atoms with E-state index in [0.29, 0.717) is 0 Å². The van der Waals surface area contributed by atoms with Gasteiger partial charge in [0.05, 0.1) is 0 Å². The molecular formula is C13H19F2N3O. The van der Waals surface area contributed by atoms with E-state index in [1.165, 1.54) is 10.7 Å². The summed E-state index contributed by atoms with van der Waals surface area (Å²) in [5.41, 5.74) is 0.521. The monoisotopic (exact) mass is 271 g/mol. The highest BCUT2D eigenvalue weighted by atomic mass is 19.3. The first-order valence-corrected chi connectivity index (χ1v) is 6.66. The van der Waals surface area contributed by atoms with Crippen molar-refractivity contribution in [3.63, 3.8) is 0 Å². The van der Waals surface area contributed by atoms with E-state index in [-0.39, 0.29) is 30.1 Å². The topological polar surface area (TPSA) is 46.9 Å². The molecule has 6 heteroatoms. The van der Waals surface area contributed by atoms with Gasteiger partial charge in [-0.2, -0.15) is 5.10 Å². The maximum Gasteiger partial charge on any atom is 0.282 e. The number of hydrogen-bond donors (Lipinski definition) is 1. The number of halogens is 2. The van der Waals surface area contributed by atoms with Gasteiger partial charge in [-0.3, -0.25) is 9.48 Å². The molecule has 1 fully saturated rings. The lowest BCUT2D eigenvalue weighted by atomic mass is 10.2. The van der Waals surface area contributed by atoms with Crippen molar-refractivity contribution in [1.29, 1.82) is 0 Å². The van der Waals surface area contributed by atoms with E-state index in [0.717, 1.165) is 25.0 Å². The van der Waals surface area contributed by atoms with E-state index < -0.39 is 6.43 Å². The van der Waals surface area contributed by atoms with Gasteiger partial charge in [-0.05, 0) is 32.3 Å². The lowest BCUT2D eigenvalue weighted by Gasteiger charge is -2.12. The minimum Gasteiger partial charge on any atom is -0.352 e. The molecule has 0 bridgehead atoms. The zero-order chi connectivity index (χ0) is 14.0. The van der Waals surface area contributed by atoms with Crippen LogP contribution in [0.3, 0.4) is 0 Å². The molecule has 1 aromatic rings. The van der Waals surface area contributed by atoms with E-state index in [1.54, 1.807) is 0 Å². The van der Waals surface area contributed by atoms with Gasteiger partial charge in [0.1, 0.15) is 12.2 Å². The fourth-order valence-electron chi connectivity index (χ4n) is 1.95. The Labute approximate surface area is 111 Å². The van der Waals surface area contributed by atoms with Gasteiger partial charge in [0, 0.05) is 17.7 Å². The Hall–Kier alpha value is -1.46. The summed E-state index contributed by atoms with van der Waals surface area (Å²) in [5.74, 6) is 0.108. The van der Waals surface area contributed by atoms with E-state index in [4.69, 9.17) is 0 Å². The second-order valence-electron chi connectivity index (χ2n) is 5.10. The molecule has 1 saturated carbocycles. The number of amides is 1. The highest BCUT2D eigenvalue weighted by Gasteiger charge is 2.30. The number of aromatic nitrogens is 2. The lowest BCUT2D eigenvalue weighted by molar-refractivity contribution is -0.122. The van der Waals surface area contributed by atoms with E-state index in [9.17, 15) is 13.6 Å². The molecule has 2 rings (SSSR count). The van der Waals surface area contributed by atoms with Gasteiger partial charge >= 0.3 is 0 Å². The van der Waals surface area contributed by atoms with Gasteiger partial charge in [-0.1, -0.05) is 6.92 Å². The number of nitrogens with one attached hydrogen (secondary N) is 1. The zero-order valence-corrected chi connectivity index (χ0v) is 11.2. The van der Waals surface area contributed by atoms with E-state index >= 15 is 0 Å². The van der Waals surface area contributed by atoms with Crippen LogP contribution in [0.1, 0.15) is 56.8 Å². The van der Waals surface area contributed by atoms with Gasteiger partial charge in [0.15, 0.2) is 0 Å². The summed E-state index contributed by atoms with van der Waals surface area (Å²) in [5, 5.41) is 6.67. The summed E-state index contributed by atoms with van der Waals surface area (Å²) in [6.45, 7) is 3.90. The molecule has 1 N–H and O–H groups in total. The van der Waals surface area contributed by atoms with Gasteiger partial charge in [-0.25, -0.2) is 8.78 Å². The number of hydrogen-bond acceptors (Lipinski definition) is 2. The highest BCUT2D eigenvalue weighted by Crippen LogP contribution is 2.41.